The van der Waals surface area contributed by atoms with Crippen LogP contribution in [0.3, 0.4) is 0 Å². The molecule has 1 amide bonds. The summed E-state index contributed by atoms with van der Waals surface area (Å²) in [5, 5.41) is 12.9. The van der Waals surface area contributed by atoms with Gasteiger partial charge in [0.1, 0.15) is 6.54 Å². The van der Waals surface area contributed by atoms with Gasteiger partial charge in [0.2, 0.25) is 5.76 Å². The molecule has 1 aliphatic rings. The Morgan fingerprint density at radius 1 is 1.26 bits per heavy atom. The molecule has 0 atom stereocenters. The quantitative estimate of drug-likeness (QED) is 0.848. The first-order valence-corrected chi connectivity index (χ1v) is 7.65. The number of rotatable bonds is 7. The summed E-state index contributed by atoms with van der Waals surface area (Å²) >= 11 is 0. The van der Waals surface area contributed by atoms with Crippen molar-refractivity contribution in [2.45, 2.75) is 25.2 Å². The molecule has 0 aliphatic heterocycles. The number of benzene rings is 1. The van der Waals surface area contributed by atoms with E-state index in [2.05, 4.69) is 5.16 Å². The van der Waals surface area contributed by atoms with Gasteiger partial charge in [0.15, 0.2) is 0 Å². The summed E-state index contributed by atoms with van der Waals surface area (Å²) in [6.45, 7) is -0.0419. The zero-order chi connectivity index (χ0) is 16.2. The average Bonchev–Trinajstić information content (AvgIpc) is 3.29. The second-order valence-corrected chi connectivity index (χ2v) is 5.75. The van der Waals surface area contributed by atoms with Crippen LogP contribution >= 0.6 is 0 Å². The Kier molecular flexibility index (Phi) is 4.41. The van der Waals surface area contributed by atoms with Crippen LogP contribution in [0.4, 0.5) is 0 Å². The molecule has 1 heterocycles. The summed E-state index contributed by atoms with van der Waals surface area (Å²) < 4.78 is 5.11. The summed E-state index contributed by atoms with van der Waals surface area (Å²) in [4.78, 5) is 24.8. The molecule has 0 radical (unpaired) electrons. The predicted molar refractivity (Wildman–Crippen MR) is 82.2 cm³/mol. The lowest BCUT2D eigenvalue weighted by molar-refractivity contribution is -0.137. The predicted octanol–water partition coefficient (Wildman–Crippen LogP) is 2.32. The molecule has 3 rings (SSSR count). The van der Waals surface area contributed by atoms with Gasteiger partial charge in [-0.25, -0.2) is 0 Å². The molecule has 0 bridgehead atoms. The third kappa shape index (κ3) is 3.97. The summed E-state index contributed by atoms with van der Waals surface area (Å²) in [6, 6.07) is 11.3. The maximum absolute atomic E-state index is 12.5. The molecular formula is C17H18N2O4. The number of hydrogen-bond acceptors (Lipinski definition) is 4. The van der Waals surface area contributed by atoms with E-state index in [0.29, 0.717) is 18.9 Å². The molecule has 0 unspecified atom stereocenters. The zero-order valence-electron chi connectivity index (χ0n) is 12.6. The van der Waals surface area contributed by atoms with Gasteiger partial charge in [-0.15, -0.1) is 0 Å². The lowest BCUT2D eigenvalue weighted by Gasteiger charge is -2.19. The van der Waals surface area contributed by atoms with Crippen LogP contribution in [-0.2, 0) is 11.2 Å². The highest BCUT2D eigenvalue weighted by molar-refractivity contribution is 5.93. The molecule has 120 valence electrons. The Bertz CT molecular complexity index is 692. The highest BCUT2D eigenvalue weighted by Gasteiger charge is 2.29. The number of carbonyl (C=O) groups excluding carboxylic acids is 1. The molecule has 1 aliphatic carbocycles. The highest BCUT2D eigenvalue weighted by Crippen LogP contribution is 2.39. The molecule has 1 aromatic heterocycles. The average molecular weight is 314 g/mol. The monoisotopic (exact) mass is 314 g/mol. The van der Waals surface area contributed by atoms with Crippen molar-refractivity contribution >= 4 is 11.9 Å². The van der Waals surface area contributed by atoms with Gasteiger partial charge >= 0.3 is 5.97 Å². The second kappa shape index (κ2) is 6.64. The molecule has 1 N–H and O–H groups in total. The van der Waals surface area contributed by atoms with Crippen LogP contribution in [0, 0.1) is 0 Å². The largest absolute Gasteiger partial charge is 0.480 e. The van der Waals surface area contributed by atoms with E-state index in [1.165, 1.54) is 4.90 Å². The zero-order valence-corrected chi connectivity index (χ0v) is 12.6. The van der Waals surface area contributed by atoms with E-state index >= 15 is 0 Å². The van der Waals surface area contributed by atoms with Crippen molar-refractivity contribution in [2.75, 3.05) is 13.1 Å². The van der Waals surface area contributed by atoms with E-state index in [-0.39, 0.29) is 12.3 Å². The van der Waals surface area contributed by atoms with Crippen LogP contribution < -0.4 is 0 Å². The Labute approximate surface area is 133 Å². The molecule has 6 nitrogen and oxygen atoms in total. The number of amides is 1. The van der Waals surface area contributed by atoms with Gasteiger partial charge in [-0.2, -0.15) is 0 Å². The number of carbonyl (C=O) groups is 2. The third-order valence-corrected chi connectivity index (χ3v) is 3.86. The second-order valence-electron chi connectivity index (χ2n) is 5.75. The number of nitrogens with zero attached hydrogens (tertiary/aromatic N) is 2. The van der Waals surface area contributed by atoms with Crippen LogP contribution in [-0.4, -0.2) is 40.1 Å². The summed E-state index contributed by atoms with van der Waals surface area (Å²) in [5.41, 5.74) is 1.83. The Morgan fingerprint density at radius 2 is 2.00 bits per heavy atom. The molecule has 0 spiro atoms. The van der Waals surface area contributed by atoms with Crippen molar-refractivity contribution < 1.29 is 19.2 Å². The lowest BCUT2D eigenvalue weighted by atomic mass is 10.1. The van der Waals surface area contributed by atoms with E-state index in [0.717, 1.165) is 24.1 Å². The van der Waals surface area contributed by atoms with Gasteiger partial charge in [0, 0.05) is 18.5 Å². The van der Waals surface area contributed by atoms with Crippen LogP contribution in [0.25, 0.3) is 0 Å². The Hall–Kier alpha value is -2.63. The van der Waals surface area contributed by atoms with Crippen molar-refractivity contribution in [3.8, 4) is 0 Å². The van der Waals surface area contributed by atoms with Crippen molar-refractivity contribution in [1.29, 1.82) is 0 Å². The maximum Gasteiger partial charge on any atom is 0.323 e. The molecule has 2 aromatic rings. The minimum atomic E-state index is -1.05. The SMILES string of the molecule is O=C(O)CN(CCc1ccccc1)C(=O)c1cc(C2CC2)no1. The Balaban J connectivity index is 1.68. The first-order valence-electron chi connectivity index (χ1n) is 7.65. The molecule has 1 saturated carbocycles. The van der Waals surface area contributed by atoms with Gasteiger partial charge < -0.3 is 14.5 Å². The normalized spacial score (nSPS) is 13.7. The van der Waals surface area contributed by atoms with Crippen molar-refractivity contribution in [2.24, 2.45) is 0 Å². The highest BCUT2D eigenvalue weighted by atomic mass is 16.5. The fourth-order valence-electron chi connectivity index (χ4n) is 2.44. The number of carboxylic acid groups (broad SMARTS) is 1. The van der Waals surface area contributed by atoms with E-state index in [1.54, 1.807) is 6.07 Å². The van der Waals surface area contributed by atoms with Gasteiger partial charge in [-0.3, -0.25) is 9.59 Å². The fourth-order valence-corrected chi connectivity index (χ4v) is 2.44. The maximum atomic E-state index is 12.5. The smallest absolute Gasteiger partial charge is 0.323 e. The van der Waals surface area contributed by atoms with Crippen molar-refractivity contribution in [3.63, 3.8) is 0 Å². The van der Waals surface area contributed by atoms with E-state index in [4.69, 9.17) is 9.63 Å². The van der Waals surface area contributed by atoms with Crippen molar-refractivity contribution in [3.05, 3.63) is 53.4 Å². The summed E-state index contributed by atoms with van der Waals surface area (Å²) in [5.74, 6) is -0.977. The first-order chi connectivity index (χ1) is 11.1. The molecule has 0 saturated heterocycles. The molecule has 1 fully saturated rings. The van der Waals surface area contributed by atoms with E-state index in [1.807, 2.05) is 30.3 Å². The standard InChI is InChI=1S/C17H18N2O4/c20-16(21)11-19(9-8-12-4-2-1-3-5-12)17(22)15-10-14(18-23-15)13-6-7-13/h1-5,10,13H,6-9,11H2,(H,20,21). The molecular weight excluding hydrogens is 296 g/mol. The lowest BCUT2D eigenvalue weighted by Crippen LogP contribution is -2.37. The van der Waals surface area contributed by atoms with Crippen LogP contribution in [0.5, 0.6) is 0 Å². The van der Waals surface area contributed by atoms with Crippen molar-refractivity contribution in [1.82, 2.24) is 10.1 Å². The first kappa shape index (κ1) is 15.3. The van der Waals surface area contributed by atoms with Gasteiger partial charge in [0.25, 0.3) is 5.91 Å². The minimum absolute atomic E-state index is 0.112. The van der Waals surface area contributed by atoms with E-state index in [9.17, 15) is 9.59 Å². The van der Waals surface area contributed by atoms with E-state index < -0.39 is 11.9 Å². The number of hydrogen-bond donors (Lipinski definition) is 1. The molecule has 23 heavy (non-hydrogen) atoms. The summed E-state index contributed by atoms with van der Waals surface area (Å²) in [6.07, 6.45) is 2.71. The van der Waals surface area contributed by atoms with Gasteiger partial charge in [0.05, 0.1) is 5.69 Å². The van der Waals surface area contributed by atoms with Gasteiger partial charge in [-0.05, 0) is 24.8 Å². The Morgan fingerprint density at radius 3 is 2.65 bits per heavy atom. The number of aromatic nitrogens is 1. The van der Waals surface area contributed by atoms with Crippen LogP contribution in [0.1, 0.15) is 40.6 Å². The molecule has 6 heteroatoms. The fraction of sp³-hybridized carbons (Fsp3) is 0.353. The van der Waals surface area contributed by atoms with Crippen LogP contribution in [0.2, 0.25) is 0 Å². The minimum Gasteiger partial charge on any atom is -0.480 e. The number of aliphatic carboxylic acids is 1. The summed E-state index contributed by atoms with van der Waals surface area (Å²) in [7, 11) is 0. The topological polar surface area (TPSA) is 83.6 Å². The van der Waals surface area contributed by atoms with Crippen LogP contribution in [0.15, 0.2) is 40.9 Å². The number of carboxylic acids is 1. The third-order valence-electron chi connectivity index (χ3n) is 3.86. The molecule has 1 aromatic carbocycles. The van der Waals surface area contributed by atoms with Gasteiger partial charge in [-0.1, -0.05) is 35.5 Å².